The van der Waals surface area contributed by atoms with Crippen molar-refractivity contribution in [2.75, 3.05) is 13.7 Å². The first-order chi connectivity index (χ1) is 10.1. The van der Waals surface area contributed by atoms with Crippen LogP contribution in [0.4, 0.5) is 0 Å². The third-order valence-corrected chi connectivity index (χ3v) is 6.01. The minimum atomic E-state index is -4.08. The van der Waals surface area contributed by atoms with Gasteiger partial charge in [0.1, 0.15) is 5.54 Å². The molecule has 1 unspecified atom stereocenters. The lowest BCUT2D eigenvalue weighted by Gasteiger charge is -2.31. The van der Waals surface area contributed by atoms with Gasteiger partial charge in [-0.3, -0.25) is 4.79 Å². The van der Waals surface area contributed by atoms with Crippen LogP contribution in [-0.2, 0) is 19.6 Å². The first-order valence-electron chi connectivity index (χ1n) is 6.36. The van der Waals surface area contributed by atoms with Gasteiger partial charge < -0.3 is 9.84 Å². The summed E-state index contributed by atoms with van der Waals surface area (Å²) < 4.78 is 31.2. The van der Waals surface area contributed by atoms with Crippen molar-refractivity contribution in [3.05, 3.63) is 28.2 Å². The van der Waals surface area contributed by atoms with Gasteiger partial charge >= 0.3 is 5.97 Å². The Morgan fingerprint density at radius 1 is 1.36 bits per heavy atom. The molecule has 2 rings (SSSR count). The van der Waals surface area contributed by atoms with Crippen molar-refractivity contribution in [2.24, 2.45) is 0 Å². The molecule has 122 valence electrons. The number of benzene rings is 1. The molecule has 0 radical (unpaired) electrons. The van der Waals surface area contributed by atoms with Crippen LogP contribution >= 0.6 is 23.2 Å². The molecule has 6 nitrogen and oxygen atoms in total. The van der Waals surface area contributed by atoms with Gasteiger partial charge in [-0.25, -0.2) is 8.42 Å². The van der Waals surface area contributed by atoms with Crippen molar-refractivity contribution in [3.63, 3.8) is 0 Å². The van der Waals surface area contributed by atoms with Crippen LogP contribution in [0.2, 0.25) is 10.0 Å². The summed E-state index contributed by atoms with van der Waals surface area (Å²) >= 11 is 11.7. The number of aliphatic hydroxyl groups is 1. The fourth-order valence-corrected chi connectivity index (χ4v) is 5.10. The molecule has 1 N–H and O–H groups in total. The number of esters is 1. The summed E-state index contributed by atoms with van der Waals surface area (Å²) in [7, 11) is -2.91. The van der Waals surface area contributed by atoms with E-state index in [0.29, 0.717) is 0 Å². The molecule has 1 saturated heterocycles. The Bertz CT molecular complexity index is 688. The summed E-state index contributed by atoms with van der Waals surface area (Å²) in [6.45, 7) is 1.21. The maximum absolute atomic E-state index is 12.8. The molecule has 1 fully saturated rings. The fourth-order valence-electron chi connectivity index (χ4n) is 2.59. The molecule has 0 aliphatic carbocycles. The Kier molecular flexibility index (Phi) is 4.75. The van der Waals surface area contributed by atoms with E-state index in [1.807, 2.05) is 0 Å². The van der Waals surface area contributed by atoms with E-state index in [-0.39, 0.29) is 27.9 Å². The van der Waals surface area contributed by atoms with Crippen LogP contribution in [0, 0.1) is 0 Å². The predicted octanol–water partition coefficient (Wildman–Crippen LogP) is 1.68. The van der Waals surface area contributed by atoms with E-state index in [1.54, 1.807) is 0 Å². The number of aliphatic hydroxyl groups excluding tert-OH is 1. The van der Waals surface area contributed by atoms with E-state index >= 15 is 0 Å². The smallest absolute Gasteiger partial charge is 0.327 e. The second-order valence-corrected chi connectivity index (χ2v) is 8.00. The van der Waals surface area contributed by atoms with Gasteiger partial charge in [0.05, 0.1) is 18.1 Å². The number of hydrogen-bond acceptors (Lipinski definition) is 5. The highest BCUT2D eigenvalue weighted by Gasteiger charge is 2.53. The number of sulfonamides is 1. The number of β-amino-alcohol motifs (C(OH)–C–C–N with tert-alkyl or cyclic N) is 1. The Hall–Kier alpha value is -0.860. The molecule has 0 spiro atoms. The largest absolute Gasteiger partial charge is 0.468 e. The molecule has 1 heterocycles. The van der Waals surface area contributed by atoms with Crippen LogP contribution < -0.4 is 0 Å². The zero-order valence-corrected chi connectivity index (χ0v) is 14.2. The molecule has 1 aliphatic rings. The van der Waals surface area contributed by atoms with E-state index in [1.165, 1.54) is 32.2 Å². The van der Waals surface area contributed by atoms with Gasteiger partial charge in [-0.05, 0) is 25.1 Å². The average molecular weight is 368 g/mol. The SMILES string of the molecule is COC(=O)C1(C)C[C@H](O)CN1S(=O)(=O)c1cc(Cl)cc(Cl)c1. The zero-order chi connectivity index (χ0) is 16.7. The van der Waals surface area contributed by atoms with Gasteiger partial charge in [0.2, 0.25) is 10.0 Å². The summed E-state index contributed by atoms with van der Waals surface area (Å²) in [5, 5.41) is 10.1. The molecule has 2 atom stereocenters. The number of rotatable bonds is 3. The summed E-state index contributed by atoms with van der Waals surface area (Å²) in [5.41, 5.74) is -1.48. The van der Waals surface area contributed by atoms with Crippen molar-refractivity contribution in [3.8, 4) is 0 Å². The number of carbonyl (C=O) groups is 1. The normalized spacial score (nSPS) is 26.1. The second-order valence-electron chi connectivity index (χ2n) is 5.26. The van der Waals surface area contributed by atoms with Crippen LogP contribution in [0.15, 0.2) is 23.1 Å². The van der Waals surface area contributed by atoms with Crippen molar-refractivity contribution < 1.29 is 23.1 Å². The monoisotopic (exact) mass is 367 g/mol. The maximum Gasteiger partial charge on any atom is 0.327 e. The van der Waals surface area contributed by atoms with Gasteiger partial charge in [0, 0.05) is 23.0 Å². The Morgan fingerprint density at radius 2 is 1.91 bits per heavy atom. The molecule has 0 saturated carbocycles. The third kappa shape index (κ3) is 2.96. The highest BCUT2D eigenvalue weighted by atomic mass is 35.5. The predicted molar refractivity (Wildman–Crippen MR) is 81.4 cm³/mol. The van der Waals surface area contributed by atoms with Gasteiger partial charge in [-0.15, -0.1) is 0 Å². The zero-order valence-electron chi connectivity index (χ0n) is 11.9. The lowest BCUT2D eigenvalue weighted by molar-refractivity contribution is -0.150. The van der Waals surface area contributed by atoms with E-state index in [4.69, 9.17) is 23.2 Å². The molecule has 0 aromatic heterocycles. The van der Waals surface area contributed by atoms with Crippen molar-refractivity contribution in [1.82, 2.24) is 4.31 Å². The highest BCUT2D eigenvalue weighted by Crippen LogP contribution is 2.36. The number of halogens is 2. The molecule has 22 heavy (non-hydrogen) atoms. The second kappa shape index (κ2) is 5.98. The molecular formula is C13H15Cl2NO5S. The van der Waals surface area contributed by atoms with Crippen LogP contribution in [0.5, 0.6) is 0 Å². The molecule has 1 aliphatic heterocycles. The lowest BCUT2D eigenvalue weighted by Crippen LogP contribution is -2.51. The molecule has 0 amide bonds. The third-order valence-electron chi connectivity index (χ3n) is 3.61. The first-order valence-corrected chi connectivity index (χ1v) is 8.56. The number of methoxy groups -OCH3 is 1. The number of nitrogens with zero attached hydrogens (tertiary/aromatic N) is 1. The molecule has 0 bridgehead atoms. The minimum absolute atomic E-state index is 0.0484. The minimum Gasteiger partial charge on any atom is -0.468 e. The summed E-state index contributed by atoms with van der Waals surface area (Å²) in [6, 6.07) is 3.89. The summed E-state index contributed by atoms with van der Waals surface area (Å²) in [6.07, 6.45) is -1.01. The fraction of sp³-hybridized carbons (Fsp3) is 0.462. The quantitative estimate of drug-likeness (QED) is 0.821. The van der Waals surface area contributed by atoms with E-state index in [2.05, 4.69) is 4.74 Å². The number of hydrogen-bond donors (Lipinski definition) is 1. The van der Waals surface area contributed by atoms with Gasteiger partial charge in [-0.1, -0.05) is 23.2 Å². The van der Waals surface area contributed by atoms with E-state index in [9.17, 15) is 18.3 Å². The number of carbonyl (C=O) groups excluding carboxylic acids is 1. The maximum atomic E-state index is 12.8. The summed E-state index contributed by atoms with van der Waals surface area (Å²) in [4.78, 5) is 11.9. The van der Waals surface area contributed by atoms with Crippen molar-refractivity contribution >= 4 is 39.2 Å². The average Bonchev–Trinajstić information content (AvgIpc) is 2.74. The van der Waals surface area contributed by atoms with E-state index in [0.717, 1.165) is 4.31 Å². The van der Waals surface area contributed by atoms with Gasteiger partial charge in [-0.2, -0.15) is 4.31 Å². The molecule has 1 aromatic carbocycles. The van der Waals surface area contributed by atoms with E-state index < -0.39 is 27.6 Å². The van der Waals surface area contributed by atoms with Gasteiger partial charge in [0.15, 0.2) is 0 Å². The molecular weight excluding hydrogens is 353 g/mol. The van der Waals surface area contributed by atoms with Crippen LogP contribution in [0.25, 0.3) is 0 Å². The van der Waals surface area contributed by atoms with Gasteiger partial charge in [0.25, 0.3) is 0 Å². The summed E-state index contributed by atoms with van der Waals surface area (Å²) in [5.74, 6) is -0.735. The Labute approximate surface area is 138 Å². The Morgan fingerprint density at radius 3 is 2.41 bits per heavy atom. The number of ether oxygens (including phenoxy) is 1. The molecule has 9 heteroatoms. The molecule has 1 aromatic rings. The highest BCUT2D eigenvalue weighted by molar-refractivity contribution is 7.89. The van der Waals surface area contributed by atoms with Crippen LogP contribution in [-0.4, -0.2) is 49.1 Å². The van der Waals surface area contributed by atoms with Crippen molar-refractivity contribution in [1.29, 1.82) is 0 Å². The lowest BCUT2D eigenvalue weighted by atomic mass is 10.00. The van der Waals surface area contributed by atoms with Crippen LogP contribution in [0.1, 0.15) is 13.3 Å². The van der Waals surface area contributed by atoms with Crippen molar-refractivity contribution in [2.45, 2.75) is 29.9 Å². The Balaban J connectivity index is 2.54. The topological polar surface area (TPSA) is 83.9 Å². The van der Waals surface area contributed by atoms with Crippen LogP contribution in [0.3, 0.4) is 0 Å². The standard InChI is InChI=1S/C13H15Cl2NO5S/c1-13(12(18)21-2)6-10(17)7-16(13)22(19,20)11-4-8(14)3-9(15)5-11/h3-5,10,17H,6-7H2,1-2H3/t10-,13?/m0/s1. The first kappa shape index (κ1) is 17.5.